The molecule has 21 heavy (non-hydrogen) atoms. The normalized spacial score (nSPS) is 19.1. The lowest BCUT2D eigenvalue weighted by Crippen LogP contribution is -2.67. The van der Waals surface area contributed by atoms with Crippen LogP contribution in [0.4, 0.5) is 5.82 Å². The topological polar surface area (TPSA) is 84.2 Å². The van der Waals surface area contributed by atoms with E-state index in [0.29, 0.717) is 11.4 Å². The van der Waals surface area contributed by atoms with E-state index >= 15 is 0 Å². The third-order valence-corrected chi connectivity index (χ3v) is 4.20. The second-order valence-electron chi connectivity index (χ2n) is 5.94. The zero-order chi connectivity index (χ0) is 14.4. The van der Waals surface area contributed by atoms with Crippen LogP contribution in [0.15, 0.2) is 30.3 Å². The van der Waals surface area contributed by atoms with Crippen LogP contribution < -0.4 is 5.73 Å². The monoisotopic (exact) mass is 284 g/mol. The van der Waals surface area contributed by atoms with Crippen molar-refractivity contribution in [2.45, 2.75) is 0 Å². The molecule has 2 aromatic rings. The molecule has 1 amide bonds. The number of likely N-dealkylation sites (tertiary alicyclic amines) is 1. The summed E-state index contributed by atoms with van der Waals surface area (Å²) in [7, 11) is 0. The molecule has 0 bridgehead atoms. The number of nitrogen functional groups attached to an aromatic ring is 1. The molecule has 2 aliphatic rings. The van der Waals surface area contributed by atoms with Gasteiger partial charge in [0.15, 0.2) is 0 Å². The van der Waals surface area contributed by atoms with Crippen LogP contribution in [0.1, 0.15) is 10.4 Å². The molecule has 2 saturated heterocycles. The predicted molar refractivity (Wildman–Crippen MR) is 77.6 cm³/mol. The van der Waals surface area contributed by atoms with Gasteiger partial charge >= 0.3 is 0 Å². The molecule has 1 aromatic heterocycles. The van der Waals surface area contributed by atoms with Crippen LogP contribution in [0.5, 0.6) is 0 Å². The van der Waals surface area contributed by atoms with E-state index in [0.717, 1.165) is 37.6 Å². The number of carbonyl (C=O) groups excluding carboxylic acids is 1. The van der Waals surface area contributed by atoms with Gasteiger partial charge in [-0.1, -0.05) is 12.1 Å². The molecule has 1 aromatic carbocycles. The zero-order valence-corrected chi connectivity index (χ0v) is 11.5. The predicted octanol–water partition coefficient (Wildman–Crippen LogP) is 1.13. The summed E-state index contributed by atoms with van der Waals surface area (Å²) in [5, 5.41) is 6.76. The van der Waals surface area contributed by atoms with Gasteiger partial charge in [0.1, 0.15) is 5.82 Å². The Bertz CT molecular complexity index is 680. The number of aromatic nitrogens is 2. The Hall–Kier alpha value is -2.34. The number of carbonyl (C=O) groups is 1. The molecule has 6 nitrogen and oxygen atoms in total. The lowest BCUT2D eigenvalue weighted by Gasteiger charge is -2.54. The van der Waals surface area contributed by atoms with Gasteiger partial charge in [-0.25, -0.2) is 0 Å². The minimum atomic E-state index is 0.0863. The molecular weight excluding hydrogens is 268 g/mol. The van der Waals surface area contributed by atoms with Crippen molar-refractivity contribution in [3.63, 3.8) is 0 Å². The molecule has 0 aliphatic carbocycles. The number of ether oxygens (including phenoxy) is 1. The van der Waals surface area contributed by atoms with Gasteiger partial charge in [0.25, 0.3) is 5.91 Å². The number of rotatable bonds is 2. The number of anilines is 1. The number of hydrogen-bond donors (Lipinski definition) is 2. The van der Waals surface area contributed by atoms with Gasteiger partial charge in [-0.05, 0) is 17.7 Å². The Labute approximate surface area is 121 Å². The summed E-state index contributed by atoms with van der Waals surface area (Å²) in [5.74, 6) is 0.543. The van der Waals surface area contributed by atoms with Crippen LogP contribution in [0.2, 0.25) is 0 Å². The van der Waals surface area contributed by atoms with Crippen molar-refractivity contribution in [1.29, 1.82) is 0 Å². The van der Waals surface area contributed by atoms with Gasteiger partial charge in [-0.2, -0.15) is 5.10 Å². The number of nitrogens with one attached hydrogen (secondary N) is 1. The van der Waals surface area contributed by atoms with E-state index in [2.05, 4.69) is 10.2 Å². The quantitative estimate of drug-likeness (QED) is 0.866. The number of H-pyrrole nitrogens is 1. The molecule has 4 rings (SSSR count). The third kappa shape index (κ3) is 1.99. The first-order chi connectivity index (χ1) is 10.2. The molecule has 108 valence electrons. The summed E-state index contributed by atoms with van der Waals surface area (Å²) in [5.41, 5.74) is 8.36. The summed E-state index contributed by atoms with van der Waals surface area (Å²) in [6.45, 7) is 3.20. The number of amides is 1. The molecule has 6 heteroatoms. The number of hydrogen-bond acceptors (Lipinski definition) is 4. The molecule has 1 spiro atoms. The second kappa shape index (κ2) is 4.33. The Morgan fingerprint density at radius 3 is 2.52 bits per heavy atom. The van der Waals surface area contributed by atoms with Crippen LogP contribution >= 0.6 is 0 Å². The third-order valence-electron chi connectivity index (χ3n) is 4.20. The molecular formula is C15H16N4O2. The molecule has 0 atom stereocenters. The fourth-order valence-electron chi connectivity index (χ4n) is 2.94. The Balaban J connectivity index is 1.47. The van der Waals surface area contributed by atoms with Crippen LogP contribution in [0, 0.1) is 5.41 Å². The first kappa shape index (κ1) is 12.4. The summed E-state index contributed by atoms with van der Waals surface area (Å²) >= 11 is 0. The van der Waals surface area contributed by atoms with Gasteiger partial charge in [0.05, 0.1) is 24.3 Å². The van der Waals surface area contributed by atoms with Crippen molar-refractivity contribution in [2.24, 2.45) is 5.41 Å². The summed E-state index contributed by atoms with van der Waals surface area (Å²) in [6.07, 6.45) is 0. The summed E-state index contributed by atoms with van der Waals surface area (Å²) < 4.78 is 5.22. The van der Waals surface area contributed by atoms with Gasteiger partial charge in [0.2, 0.25) is 0 Å². The van der Waals surface area contributed by atoms with Gasteiger partial charge in [-0.15, -0.1) is 0 Å². The molecule has 0 radical (unpaired) electrons. The van der Waals surface area contributed by atoms with Crippen LogP contribution in [-0.2, 0) is 4.74 Å². The van der Waals surface area contributed by atoms with Gasteiger partial charge in [0, 0.05) is 24.7 Å². The second-order valence-corrected chi connectivity index (χ2v) is 5.94. The first-order valence-corrected chi connectivity index (χ1v) is 6.94. The minimum Gasteiger partial charge on any atom is -0.382 e. The fraction of sp³-hybridized carbons (Fsp3) is 0.333. The molecule has 3 heterocycles. The highest BCUT2D eigenvalue weighted by Gasteiger charge is 2.50. The minimum absolute atomic E-state index is 0.0863. The smallest absolute Gasteiger partial charge is 0.253 e. The maximum Gasteiger partial charge on any atom is 0.253 e. The van der Waals surface area contributed by atoms with Crippen molar-refractivity contribution >= 4 is 11.7 Å². The zero-order valence-electron chi connectivity index (χ0n) is 11.5. The highest BCUT2D eigenvalue weighted by Crippen LogP contribution is 2.38. The standard InChI is InChI=1S/C15H16N4O2/c16-13-5-12(17-18-13)10-1-3-11(4-2-10)14(20)19-6-15(7-19)8-21-9-15/h1-5H,6-9H2,(H3,16,17,18). The van der Waals surface area contributed by atoms with E-state index in [9.17, 15) is 4.79 Å². The van der Waals surface area contributed by atoms with Crippen LogP contribution in [0.3, 0.4) is 0 Å². The Morgan fingerprint density at radius 2 is 2.00 bits per heavy atom. The molecule has 2 fully saturated rings. The SMILES string of the molecule is Nc1cc(-c2ccc(C(=O)N3CC4(COC4)C3)cc2)[nH]n1. The fourth-order valence-corrected chi connectivity index (χ4v) is 2.94. The lowest BCUT2D eigenvalue weighted by atomic mass is 9.78. The molecule has 3 N–H and O–H groups in total. The van der Waals surface area contributed by atoms with E-state index in [4.69, 9.17) is 10.5 Å². The van der Waals surface area contributed by atoms with E-state index in [1.54, 1.807) is 6.07 Å². The molecule has 0 saturated carbocycles. The maximum absolute atomic E-state index is 12.4. The van der Waals surface area contributed by atoms with E-state index in [1.807, 2.05) is 29.2 Å². The van der Waals surface area contributed by atoms with Crippen molar-refractivity contribution in [1.82, 2.24) is 15.1 Å². The lowest BCUT2D eigenvalue weighted by molar-refractivity contribution is -0.176. The van der Waals surface area contributed by atoms with Crippen molar-refractivity contribution < 1.29 is 9.53 Å². The Morgan fingerprint density at radius 1 is 1.29 bits per heavy atom. The first-order valence-electron chi connectivity index (χ1n) is 6.94. The summed E-state index contributed by atoms with van der Waals surface area (Å²) in [6, 6.07) is 9.27. The average molecular weight is 284 g/mol. The summed E-state index contributed by atoms with van der Waals surface area (Å²) in [4.78, 5) is 14.2. The van der Waals surface area contributed by atoms with Crippen LogP contribution in [0.25, 0.3) is 11.3 Å². The van der Waals surface area contributed by atoms with Gasteiger partial charge in [-0.3, -0.25) is 9.89 Å². The van der Waals surface area contributed by atoms with Crippen LogP contribution in [-0.4, -0.2) is 47.3 Å². The van der Waals surface area contributed by atoms with Crippen molar-refractivity contribution in [3.05, 3.63) is 35.9 Å². The van der Waals surface area contributed by atoms with E-state index < -0.39 is 0 Å². The molecule has 2 aliphatic heterocycles. The average Bonchev–Trinajstić information content (AvgIpc) is 2.82. The number of benzene rings is 1. The highest BCUT2D eigenvalue weighted by atomic mass is 16.5. The van der Waals surface area contributed by atoms with E-state index in [1.165, 1.54) is 0 Å². The van der Waals surface area contributed by atoms with E-state index in [-0.39, 0.29) is 11.3 Å². The largest absolute Gasteiger partial charge is 0.382 e. The van der Waals surface area contributed by atoms with Gasteiger partial charge < -0.3 is 15.4 Å². The molecule has 0 unspecified atom stereocenters. The maximum atomic E-state index is 12.4. The number of nitrogens with two attached hydrogens (primary N) is 1. The number of aromatic amines is 1. The Kier molecular flexibility index (Phi) is 2.56. The van der Waals surface area contributed by atoms with Crippen molar-refractivity contribution in [3.8, 4) is 11.3 Å². The number of nitrogens with zero attached hydrogens (tertiary/aromatic N) is 2. The highest BCUT2D eigenvalue weighted by molar-refractivity contribution is 5.95. The van der Waals surface area contributed by atoms with Crippen molar-refractivity contribution in [2.75, 3.05) is 32.0 Å².